The molecule has 0 aliphatic rings. The number of para-hydroxylation sites is 1. The molecule has 1 aromatic carbocycles. The lowest BCUT2D eigenvalue weighted by Crippen LogP contribution is -2.40. The summed E-state index contributed by atoms with van der Waals surface area (Å²) in [6.07, 6.45) is 0.777. The van der Waals surface area contributed by atoms with E-state index >= 15 is 0 Å². The molecule has 0 saturated heterocycles. The fourth-order valence-electron chi connectivity index (χ4n) is 1.34. The summed E-state index contributed by atoms with van der Waals surface area (Å²) < 4.78 is 13.4. The van der Waals surface area contributed by atoms with Crippen molar-refractivity contribution in [1.82, 2.24) is 0 Å². The zero-order valence-corrected chi connectivity index (χ0v) is 10.6. The highest BCUT2D eigenvalue weighted by molar-refractivity contribution is 6.33. The molecule has 0 unspecified atom stereocenters. The molecule has 0 aliphatic heterocycles. The second kappa shape index (κ2) is 5.98. The van der Waals surface area contributed by atoms with E-state index in [0.717, 1.165) is 6.42 Å². The third-order valence-electron chi connectivity index (χ3n) is 2.77. The van der Waals surface area contributed by atoms with Crippen LogP contribution in [-0.4, -0.2) is 11.9 Å². The van der Waals surface area contributed by atoms with Gasteiger partial charge in [0.1, 0.15) is 5.82 Å². The predicted octanol–water partition coefficient (Wildman–Crippen LogP) is 2.79. The highest BCUT2D eigenvalue weighted by atomic mass is 35.5. The van der Waals surface area contributed by atoms with E-state index in [1.165, 1.54) is 18.2 Å². The van der Waals surface area contributed by atoms with Crippen LogP contribution in [0.1, 0.15) is 20.3 Å². The van der Waals surface area contributed by atoms with Crippen LogP contribution < -0.4 is 11.1 Å². The van der Waals surface area contributed by atoms with Gasteiger partial charge >= 0.3 is 0 Å². The van der Waals surface area contributed by atoms with E-state index in [4.69, 9.17) is 17.3 Å². The lowest BCUT2D eigenvalue weighted by atomic mass is 9.99. The summed E-state index contributed by atoms with van der Waals surface area (Å²) >= 11 is 5.80. The first kappa shape index (κ1) is 13.9. The Morgan fingerprint density at radius 1 is 1.59 bits per heavy atom. The molecule has 0 fully saturated rings. The van der Waals surface area contributed by atoms with Crippen LogP contribution in [0.5, 0.6) is 0 Å². The van der Waals surface area contributed by atoms with E-state index in [9.17, 15) is 9.18 Å². The first-order chi connectivity index (χ1) is 7.97. The van der Waals surface area contributed by atoms with Crippen molar-refractivity contribution in [1.29, 1.82) is 0 Å². The monoisotopic (exact) mass is 258 g/mol. The minimum absolute atomic E-state index is 0.0158. The molecule has 0 heterocycles. The van der Waals surface area contributed by atoms with Crippen LogP contribution in [0.25, 0.3) is 0 Å². The number of carbonyl (C=O) groups excluding carboxylic acids is 1. The van der Waals surface area contributed by atoms with Crippen molar-refractivity contribution < 1.29 is 9.18 Å². The average Bonchev–Trinajstić information content (AvgIpc) is 2.31. The van der Waals surface area contributed by atoms with Gasteiger partial charge in [0.15, 0.2) is 0 Å². The van der Waals surface area contributed by atoms with E-state index in [-0.39, 0.29) is 16.6 Å². The van der Waals surface area contributed by atoms with Gasteiger partial charge < -0.3 is 11.1 Å². The Morgan fingerprint density at radius 2 is 2.24 bits per heavy atom. The lowest BCUT2D eigenvalue weighted by molar-refractivity contribution is -0.118. The van der Waals surface area contributed by atoms with Gasteiger partial charge in [-0.05, 0) is 18.1 Å². The van der Waals surface area contributed by atoms with Crippen molar-refractivity contribution in [2.45, 2.75) is 26.3 Å². The summed E-state index contributed by atoms with van der Waals surface area (Å²) in [6, 6.07) is 3.54. The molecule has 1 aromatic rings. The van der Waals surface area contributed by atoms with Crippen molar-refractivity contribution in [3.05, 3.63) is 29.0 Å². The SMILES string of the molecule is CC[C@H](C)[C@H](N)C(=O)Nc1c(F)cccc1Cl. The molecule has 2 atom stereocenters. The van der Waals surface area contributed by atoms with E-state index in [1.807, 2.05) is 13.8 Å². The number of halogens is 2. The summed E-state index contributed by atoms with van der Waals surface area (Å²) in [5.41, 5.74) is 5.73. The predicted molar refractivity (Wildman–Crippen MR) is 67.5 cm³/mol. The Labute approximate surface area is 105 Å². The third-order valence-corrected chi connectivity index (χ3v) is 3.09. The number of carbonyl (C=O) groups is 1. The lowest BCUT2D eigenvalue weighted by Gasteiger charge is -2.18. The van der Waals surface area contributed by atoms with Gasteiger partial charge in [-0.1, -0.05) is 37.9 Å². The number of nitrogens with one attached hydrogen (secondary N) is 1. The summed E-state index contributed by atoms with van der Waals surface area (Å²) in [5, 5.41) is 2.58. The Bertz CT molecular complexity index is 391. The van der Waals surface area contributed by atoms with Crippen LogP contribution in [-0.2, 0) is 4.79 Å². The second-order valence-electron chi connectivity index (χ2n) is 4.00. The average molecular weight is 259 g/mol. The summed E-state index contributed by atoms with van der Waals surface area (Å²) in [6.45, 7) is 3.81. The molecule has 0 aromatic heterocycles. The molecule has 0 bridgehead atoms. The van der Waals surface area contributed by atoms with Gasteiger partial charge in [0.25, 0.3) is 0 Å². The fraction of sp³-hybridized carbons (Fsp3) is 0.417. The maximum Gasteiger partial charge on any atom is 0.241 e. The van der Waals surface area contributed by atoms with E-state index in [0.29, 0.717) is 0 Å². The molecule has 17 heavy (non-hydrogen) atoms. The number of nitrogens with two attached hydrogens (primary N) is 1. The molecule has 3 nitrogen and oxygen atoms in total. The molecule has 0 saturated carbocycles. The van der Waals surface area contributed by atoms with Crippen LogP contribution in [0.2, 0.25) is 5.02 Å². The van der Waals surface area contributed by atoms with Crippen molar-refractivity contribution in [2.75, 3.05) is 5.32 Å². The number of hydrogen-bond acceptors (Lipinski definition) is 2. The van der Waals surface area contributed by atoms with Crippen LogP contribution in [0.4, 0.5) is 10.1 Å². The van der Waals surface area contributed by atoms with E-state index in [1.54, 1.807) is 0 Å². The van der Waals surface area contributed by atoms with Gasteiger partial charge in [0, 0.05) is 0 Å². The smallest absolute Gasteiger partial charge is 0.241 e. The van der Waals surface area contributed by atoms with E-state index in [2.05, 4.69) is 5.32 Å². The molecule has 1 amide bonds. The molecule has 5 heteroatoms. The third kappa shape index (κ3) is 3.41. The minimum atomic E-state index is -0.671. The van der Waals surface area contributed by atoms with Gasteiger partial charge in [0.05, 0.1) is 16.8 Å². The van der Waals surface area contributed by atoms with Crippen LogP contribution in [0.3, 0.4) is 0 Å². The molecule has 0 aliphatic carbocycles. The maximum atomic E-state index is 13.4. The molecular weight excluding hydrogens is 243 g/mol. The largest absolute Gasteiger partial charge is 0.321 e. The highest BCUT2D eigenvalue weighted by Gasteiger charge is 2.21. The molecule has 1 rings (SSSR count). The van der Waals surface area contributed by atoms with Gasteiger partial charge in [-0.15, -0.1) is 0 Å². The van der Waals surface area contributed by atoms with Crippen molar-refractivity contribution in [3.63, 3.8) is 0 Å². The second-order valence-corrected chi connectivity index (χ2v) is 4.40. The maximum absolute atomic E-state index is 13.4. The standard InChI is InChI=1S/C12H16ClFN2O/c1-3-7(2)10(15)12(17)16-11-8(13)5-4-6-9(11)14/h4-7,10H,3,15H2,1-2H3,(H,16,17)/t7-,10-/m0/s1. The Hall–Kier alpha value is -1.13. The first-order valence-corrected chi connectivity index (χ1v) is 5.85. The van der Waals surface area contributed by atoms with Crippen LogP contribution in [0.15, 0.2) is 18.2 Å². The number of hydrogen-bond donors (Lipinski definition) is 2. The Balaban J connectivity index is 2.81. The van der Waals surface area contributed by atoms with Crippen molar-refractivity contribution in [3.8, 4) is 0 Å². The van der Waals surface area contributed by atoms with Crippen molar-refractivity contribution in [2.24, 2.45) is 11.7 Å². The number of anilines is 1. The van der Waals surface area contributed by atoms with Gasteiger partial charge in [-0.2, -0.15) is 0 Å². The Morgan fingerprint density at radius 3 is 2.76 bits per heavy atom. The topological polar surface area (TPSA) is 55.1 Å². The van der Waals surface area contributed by atoms with Crippen LogP contribution >= 0.6 is 11.6 Å². The highest BCUT2D eigenvalue weighted by Crippen LogP contribution is 2.25. The van der Waals surface area contributed by atoms with E-state index < -0.39 is 17.8 Å². The quantitative estimate of drug-likeness (QED) is 0.873. The first-order valence-electron chi connectivity index (χ1n) is 5.47. The molecule has 94 valence electrons. The van der Waals surface area contributed by atoms with Crippen LogP contribution in [0, 0.1) is 11.7 Å². The zero-order chi connectivity index (χ0) is 13.0. The van der Waals surface area contributed by atoms with Gasteiger partial charge in [0.2, 0.25) is 5.91 Å². The Kier molecular flexibility index (Phi) is 4.90. The zero-order valence-electron chi connectivity index (χ0n) is 9.84. The summed E-state index contributed by atoms with van der Waals surface area (Å²) in [4.78, 5) is 11.8. The minimum Gasteiger partial charge on any atom is -0.321 e. The molecule has 3 N–H and O–H groups in total. The molecular formula is C12H16ClFN2O. The number of benzene rings is 1. The fourth-order valence-corrected chi connectivity index (χ4v) is 1.55. The van der Waals surface area contributed by atoms with Crippen molar-refractivity contribution >= 4 is 23.2 Å². The number of rotatable bonds is 4. The van der Waals surface area contributed by atoms with Gasteiger partial charge in [-0.25, -0.2) is 4.39 Å². The summed E-state index contributed by atoms with van der Waals surface area (Å²) in [7, 11) is 0. The van der Waals surface area contributed by atoms with Gasteiger partial charge in [-0.3, -0.25) is 4.79 Å². The normalized spacial score (nSPS) is 14.2. The molecule has 0 radical (unpaired) electrons. The number of amides is 1. The molecule has 0 spiro atoms. The summed E-state index contributed by atoms with van der Waals surface area (Å²) in [5.74, 6) is -0.964.